The first-order valence-corrected chi connectivity index (χ1v) is 7.69. The predicted molar refractivity (Wildman–Crippen MR) is 78.3 cm³/mol. The normalized spacial score (nSPS) is 35.1. The molecule has 2 heterocycles. The van der Waals surface area contributed by atoms with Gasteiger partial charge in [0, 0.05) is 12.0 Å². The number of amides is 2. The SMILES string of the molecule is CC1=CC(C(C)CC2CC(C)C(CO)O2)CC(=O)NC1=O. The fraction of sp³-hybridized carbons (Fsp3) is 0.750. The molecule has 2 aliphatic heterocycles. The Labute approximate surface area is 125 Å². The van der Waals surface area contributed by atoms with Crippen molar-refractivity contribution >= 4 is 11.8 Å². The van der Waals surface area contributed by atoms with E-state index in [0.29, 0.717) is 17.9 Å². The van der Waals surface area contributed by atoms with E-state index in [9.17, 15) is 14.7 Å². The maximum Gasteiger partial charge on any atom is 0.253 e. The van der Waals surface area contributed by atoms with Gasteiger partial charge < -0.3 is 9.84 Å². The Morgan fingerprint density at radius 1 is 1.48 bits per heavy atom. The van der Waals surface area contributed by atoms with Crippen LogP contribution in [0.5, 0.6) is 0 Å². The number of hydrogen-bond acceptors (Lipinski definition) is 4. The van der Waals surface area contributed by atoms with E-state index in [1.165, 1.54) is 0 Å². The third kappa shape index (κ3) is 3.92. The summed E-state index contributed by atoms with van der Waals surface area (Å²) in [6.07, 6.45) is 4.09. The van der Waals surface area contributed by atoms with Crippen LogP contribution in [0.3, 0.4) is 0 Å². The largest absolute Gasteiger partial charge is 0.394 e. The molecule has 21 heavy (non-hydrogen) atoms. The van der Waals surface area contributed by atoms with Gasteiger partial charge in [-0.3, -0.25) is 14.9 Å². The Kier molecular flexibility index (Phi) is 5.17. The molecule has 118 valence electrons. The average molecular weight is 295 g/mol. The summed E-state index contributed by atoms with van der Waals surface area (Å²) >= 11 is 0. The van der Waals surface area contributed by atoms with Crippen LogP contribution in [0.4, 0.5) is 0 Å². The summed E-state index contributed by atoms with van der Waals surface area (Å²) in [7, 11) is 0. The molecular formula is C16H25NO4. The first-order valence-electron chi connectivity index (χ1n) is 7.69. The Morgan fingerprint density at radius 2 is 2.19 bits per heavy atom. The minimum atomic E-state index is -0.291. The molecule has 0 saturated carbocycles. The van der Waals surface area contributed by atoms with Crippen molar-refractivity contribution in [1.29, 1.82) is 0 Å². The molecule has 1 fully saturated rings. The van der Waals surface area contributed by atoms with Gasteiger partial charge in [0.1, 0.15) is 0 Å². The van der Waals surface area contributed by atoms with Crippen LogP contribution in [0, 0.1) is 17.8 Å². The van der Waals surface area contributed by atoms with Gasteiger partial charge in [-0.2, -0.15) is 0 Å². The van der Waals surface area contributed by atoms with Crippen molar-refractivity contribution in [3.8, 4) is 0 Å². The van der Waals surface area contributed by atoms with Gasteiger partial charge in [-0.15, -0.1) is 0 Å². The number of aliphatic hydroxyl groups is 1. The summed E-state index contributed by atoms with van der Waals surface area (Å²) in [6.45, 7) is 5.99. The highest BCUT2D eigenvalue weighted by Crippen LogP contribution is 2.33. The lowest BCUT2D eigenvalue weighted by Crippen LogP contribution is -2.30. The molecular weight excluding hydrogens is 270 g/mol. The molecule has 0 bridgehead atoms. The van der Waals surface area contributed by atoms with E-state index in [4.69, 9.17) is 4.74 Å². The number of aliphatic hydroxyl groups excluding tert-OH is 1. The number of carbonyl (C=O) groups excluding carboxylic acids is 2. The summed E-state index contributed by atoms with van der Waals surface area (Å²) < 4.78 is 5.85. The molecule has 5 heteroatoms. The smallest absolute Gasteiger partial charge is 0.253 e. The van der Waals surface area contributed by atoms with Crippen LogP contribution in [0.15, 0.2) is 11.6 Å². The summed E-state index contributed by atoms with van der Waals surface area (Å²) in [5.74, 6) is 0.179. The third-order valence-corrected chi connectivity index (χ3v) is 4.68. The first-order chi connectivity index (χ1) is 9.90. The van der Waals surface area contributed by atoms with E-state index in [1.54, 1.807) is 6.92 Å². The highest BCUT2D eigenvalue weighted by atomic mass is 16.5. The molecule has 1 saturated heterocycles. The molecule has 5 atom stereocenters. The van der Waals surface area contributed by atoms with Gasteiger partial charge in [0.05, 0.1) is 18.8 Å². The molecule has 0 aromatic heterocycles. The highest BCUT2D eigenvalue weighted by molar-refractivity contribution is 6.04. The van der Waals surface area contributed by atoms with Gasteiger partial charge in [0.25, 0.3) is 5.91 Å². The topological polar surface area (TPSA) is 75.6 Å². The summed E-state index contributed by atoms with van der Waals surface area (Å²) in [6, 6.07) is 0. The second kappa shape index (κ2) is 6.71. The van der Waals surface area contributed by atoms with Gasteiger partial charge in [-0.05, 0) is 37.5 Å². The average Bonchev–Trinajstić information content (AvgIpc) is 2.70. The number of ether oxygens (including phenoxy) is 1. The van der Waals surface area contributed by atoms with E-state index < -0.39 is 0 Å². The van der Waals surface area contributed by atoms with E-state index in [1.807, 2.05) is 6.08 Å². The fourth-order valence-corrected chi connectivity index (χ4v) is 3.28. The van der Waals surface area contributed by atoms with Gasteiger partial charge in [-0.25, -0.2) is 0 Å². The van der Waals surface area contributed by atoms with Crippen LogP contribution in [-0.4, -0.2) is 35.7 Å². The second-order valence-electron chi connectivity index (χ2n) is 6.50. The predicted octanol–water partition coefficient (Wildman–Crippen LogP) is 1.41. The number of allylic oxidation sites excluding steroid dienone is 1. The molecule has 0 radical (unpaired) electrons. The minimum Gasteiger partial charge on any atom is -0.394 e. The maximum absolute atomic E-state index is 11.7. The Bertz CT molecular complexity index is 446. The standard InChI is InChI=1S/C16H25NO4/c1-9(5-13-6-10(2)14(8-18)21-13)12-4-11(3)16(20)17-15(19)7-12/h4,9-10,12-14,18H,5-8H2,1-3H3,(H,17,19,20). The molecule has 0 aromatic rings. The van der Waals surface area contributed by atoms with Crippen molar-refractivity contribution in [2.45, 2.75) is 52.2 Å². The molecule has 2 rings (SSSR count). The number of rotatable bonds is 4. The monoisotopic (exact) mass is 295 g/mol. The lowest BCUT2D eigenvalue weighted by Gasteiger charge is -2.22. The van der Waals surface area contributed by atoms with Crippen molar-refractivity contribution in [2.75, 3.05) is 6.61 Å². The zero-order chi connectivity index (χ0) is 15.6. The number of carbonyl (C=O) groups is 2. The van der Waals surface area contributed by atoms with Crippen LogP contribution in [0.1, 0.15) is 40.0 Å². The van der Waals surface area contributed by atoms with Crippen molar-refractivity contribution < 1.29 is 19.4 Å². The zero-order valence-electron chi connectivity index (χ0n) is 13.0. The Morgan fingerprint density at radius 3 is 2.81 bits per heavy atom. The fourth-order valence-electron chi connectivity index (χ4n) is 3.28. The van der Waals surface area contributed by atoms with Crippen LogP contribution >= 0.6 is 0 Å². The lowest BCUT2D eigenvalue weighted by molar-refractivity contribution is -0.128. The van der Waals surface area contributed by atoms with Gasteiger partial charge in [0.2, 0.25) is 5.91 Å². The molecule has 2 N–H and O–H groups in total. The van der Waals surface area contributed by atoms with Crippen molar-refractivity contribution in [3.63, 3.8) is 0 Å². The molecule has 5 unspecified atom stereocenters. The molecule has 0 spiro atoms. The van der Waals surface area contributed by atoms with Crippen LogP contribution < -0.4 is 5.32 Å². The summed E-state index contributed by atoms with van der Waals surface area (Å²) in [4.78, 5) is 23.3. The van der Waals surface area contributed by atoms with E-state index in [0.717, 1.165) is 12.8 Å². The summed E-state index contributed by atoms with van der Waals surface area (Å²) in [5.41, 5.74) is 0.603. The van der Waals surface area contributed by atoms with Crippen LogP contribution in [0.25, 0.3) is 0 Å². The third-order valence-electron chi connectivity index (χ3n) is 4.68. The zero-order valence-corrected chi connectivity index (χ0v) is 13.0. The van der Waals surface area contributed by atoms with Gasteiger partial charge in [0.15, 0.2) is 0 Å². The van der Waals surface area contributed by atoms with Gasteiger partial charge >= 0.3 is 0 Å². The molecule has 5 nitrogen and oxygen atoms in total. The van der Waals surface area contributed by atoms with E-state index in [-0.39, 0.29) is 42.5 Å². The maximum atomic E-state index is 11.7. The Balaban J connectivity index is 1.98. The second-order valence-corrected chi connectivity index (χ2v) is 6.50. The quantitative estimate of drug-likeness (QED) is 0.769. The highest BCUT2D eigenvalue weighted by Gasteiger charge is 2.34. The molecule has 0 aromatic carbocycles. The minimum absolute atomic E-state index is 0.0588. The molecule has 2 amide bonds. The van der Waals surface area contributed by atoms with Crippen molar-refractivity contribution in [1.82, 2.24) is 5.32 Å². The first kappa shape index (κ1) is 16.2. The lowest BCUT2D eigenvalue weighted by atomic mass is 9.84. The van der Waals surface area contributed by atoms with Crippen molar-refractivity contribution in [2.24, 2.45) is 17.8 Å². The number of imide groups is 1. The summed E-state index contributed by atoms with van der Waals surface area (Å²) in [5, 5.41) is 11.6. The number of hydrogen-bond donors (Lipinski definition) is 2. The molecule has 2 aliphatic rings. The van der Waals surface area contributed by atoms with E-state index in [2.05, 4.69) is 19.2 Å². The Hall–Kier alpha value is -1.20. The molecule has 0 aliphatic carbocycles. The van der Waals surface area contributed by atoms with Gasteiger partial charge in [-0.1, -0.05) is 19.9 Å². The number of nitrogens with one attached hydrogen (secondary N) is 1. The van der Waals surface area contributed by atoms with Crippen molar-refractivity contribution in [3.05, 3.63) is 11.6 Å². The van der Waals surface area contributed by atoms with Crippen LogP contribution in [0.2, 0.25) is 0 Å². The van der Waals surface area contributed by atoms with E-state index >= 15 is 0 Å². The van der Waals surface area contributed by atoms with Crippen LogP contribution in [-0.2, 0) is 14.3 Å².